The maximum atomic E-state index is 13.4. The Bertz CT molecular complexity index is 1120. The van der Waals surface area contributed by atoms with Crippen LogP contribution in [0.1, 0.15) is 25.3 Å². The van der Waals surface area contributed by atoms with Crippen molar-refractivity contribution in [2.24, 2.45) is 0 Å². The first kappa shape index (κ1) is 22.0. The lowest BCUT2D eigenvalue weighted by molar-refractivity contribution is 0.263. The van der Waals surface area contributed by atoms with Crippen molar-refractivity contribution < 1.29 is 13.2 Å². The third-order valence-corrected chi connectivity index (χ3v) is 6.83. The van der Waals surface area contributed by atoms with Crippen molar-refractivity contribution >= 4 is 44.1 Å². The molecule has 0 spiro atoms. The molecule has 0 atom stereocenters. The molecule has 0 aliphatic rings. The Morgan fingerprint density at radius 3 is 2.34 bits per heavy atom. The molecule has 1 aromatic heterocycles. The van der Waals surface area contributed by atoms with Crippen LogP contribution < -0.4 is 4.74 Å². The molecule has 5 nitrogen and oxygen atoms in total. The van der Waals surface area contributed by atoms with E-state index in [-0.39, 0.29) is 9.92 Å². The molecule has 156 valence electrons. The van der Waals surface area contributed by atoms with Gasteiger partial charge in [0.05, 0.1) is 21.6 Å². The van der Waals surface area contributed by atoms with Crippen molar-refractivity contribution in [1.82, 2.24) is 8.87 Å². The van der Waals surface area contributed by atoms with E-state index in [0.29, 0.717) is 40.7 Å². The molecule has 8 heteroatoms. The second-order valence-corrected chi connectivity index (χ2v) is 10.1. The molecule has 0 unspecified atom stereocenters. The topological polar surface area (TPSA) is 51.5 Å². The minimum atomic E-state index is -3.87. The molecule has 2 aromatic carbocycles. The first-order valence-corrected chi connectivity index (χ1v) is 11.4. The van der Waals surface area contributed by atoms with Crippen molar-refractivity contribution in [2.75, 3.05) is 27.2 Å². The van der Waals surface area contributed by atoms with Gasteiger partial charge in [0.15, 0.2) is 0 Å². The van der Waals surface area contributed by atoms with Crippen molar-refractivity contribution in [3.8, 4) is 5.75 Å². The van der Waals surface area contributed by atoms with Crippen LogP contribution in [0.25, 0.3) is 10.9 Å². The summed E-state index contributed by atoms with van der Waals surface area (Å²) in [6.45, 7) is 5.21. The van der Waals surface area contributed by atoms with Crippen LogP contribution in [0.2, 0.25) is 10.0 Å². The summed E-state index contributed by atoms with van der Waals surface area (Å²) in [6, 6.07) is 10.1. The van der Waals surface area contributed by atoms with E-state index in [9.17, 15) is 8.42 Å². The van der Waals surface area contributed by atoms with Gasteiger partial charge in [-0.25, -0.2) is 12.4 Å². The maximum absolute atomic E-state index is 13.4. The molecule has 0 fully saturated rings. The molecule has 0 amide bonds. The minimum absolute atomic E-state index is 0.185. The summed E-state index contributed by atoms with van der Waals surface area (Å²) in [6.07, 6.45) is 1.47. The van der Waals surface area contributed by atoms with Gasteiger partial charge < -0.3 is 9.64 Å². The summed E-state index contributed by atoms with van der Waals surface area (Å²) < 4.78 is 33.8. The Hall–Kier alpha value is -1.73. The maximum Gasteiger partial charge on any atom is 0.268 e. The van der Waals surface area contributed by atoms with Gasteiger partial charge in [-0.05, 0) is 49.8 Å². The SMILES string of the molecule is CC(C)c1ccc(S(=O)(=O)n2cc(OCCN(C)C)c3cc(Cl)cc(Cl)c32)cc1. The highest BCUT2D eigenvalue weighted by molar-refractivity contribution is 7.90. The standard InChI is InChI=1S/C21H24Cl2N2O3S/c1-14(2)15-5-7-17(8-6-15)29(26,27)25-13-20(28-10-9-24(3)4)18-11-16(22)12-19(23)21(18)25/h5-8,11-14H,9-10H2,1-4H3. The molecule has 1 heterocycles. The molecule has 0 N–H and O–H groups in total. The fraction of sp³-hybridized carbons (Fsp3) is 0.333. The summed E-state index contributed by atoms with van der Waals surface area (Å²) in [4.78, 5) is 2.16. The van der Waals surface area contributed by atoms with E-state index in [0.717, 1.165) is 5.56 Å². The Kier molecular flexibility index (Phi) is 6.48. The van der Waals surface area contributed by atoms with E-state index < -0.39 is 10.0 Å². The molecule has 0 bridgehead atoms. The Balaban J connectivity index is 2.12. The highest BCUT2D eigenvalue weighted by Crippen LogP contribution is 2.38. The van der Waals surface area contributed by atoms with Crippen LogP contribution in [0, 0.1) is 0 Å². The van der Waals surface area contributed by atoms with Gasteiger partial charge in [0.1, 0.15) is 12.4 Å². The second kappa shape index (κ2) is 8.56. The zero-order chi connectivity index (χ0) is 21.3. The zero-order valence-electron chi connectivity index (χ0n) is 16.8. The molecule has 0 aliphatic heterocycles. The number of hydrogen-bond acceptors (Lipinski definition) is 4. The van der Waals surface area contributed by atoms with Crippen LogP contribution in [-0.2, 0) is 10.0 Å². The molecule has 3 aromatic rings. The first-order chi connectivity index (χ1) is 13.6. The third-order valence-electron chi connectivity index (χ3n) is 4.65. The fourth-order valence-corrected chi connectivity index (χ4v) is 5.01. The van der Waals surface area contributed by atoms with Gasteiger partial charge in [-0.3, -0.25) is 0 Å². The quantitative estimate of drug-likeness (QED) is 0.489. The van der Waals surface area contributed by atoms with Gasteiger partial charge in [0.2, 0.25) is 0 Å². The second-order valence-electron chi connectivity index (χ2n) is 7.45. The molecule has 29 heavy (non-hydrogen) atoms. The number of aromatic nitrogens is 1. The number of fused-ring (bicyclic) bond motifs is 1. The van der Waals surface area contributed by atoms with Crippen molar-refractivity contribution in [2.45, 2.75) is 24.7 Å². The largest absolute Gasteiger partial charge is 0.490 e. The number of likely N-dealkylation sites (N-methyl/N-ethyl adjacent to an activating group) is 1. The highest BCUT2D eigenvalue weighted by Gasteiger charge is 2.24. The number of rotatable bonds is 7. The van der Waals surface area contributed by atoms with Crippen LogP contribution in [0.4, 0.5) is 0 Å². The fourth-order valence-electron chi connectivity index (χ4n) is 3.00. The van der Waals surface area contributed by atoms with E-state index >= 15 is 0 Å². The van der Waals surface area contributed by atoms with Crippen LogP contribution >= 0.6 is 23.2 Å². The summed E-state index contributed by atoms with van der Waals surface area (Å²) in [5.74, 6) is 0.737. The average molecular weight is 455 g/mol. The van der Waals surface area contributed by atoms with Gasteiger partial charge in [-0.2, -0.15) is 0 Å². The van der Waals surface area contributed by atoms with E-state index in [1.54, 1.807) is 18.2 Å². The smallest absolute Gasteiger partial charge is 0.268 e. The molecule has 0 aliphatic carbocycles. The van der Waals surface area contributed by atoms with Crippen LogP contribution in [0.5, 0.6) is 5.75 Å². The van der Waals surface area contributed by atoms with E-state index in [2.05, 4.69) is 13.8 Å². The van der Waals surface area contributed by atoms with Crippen LogP contribution in [-0.4, -0.2) is 44.5 Å². The lowest BCUT2D eigenvalue weighted by Gasteiger charge is -2.10. The molecule has 3 rings (SSSR count). The van der Waals surface area contributed by atoms with Gasteiger partial charge in [0, 0.05) is 17.0 Å². The number of nitrogens with zero attached hydrogens (tertiary/aromatic N) is 2. The number of benzene rings is 2. The minimum Gasteiger partial charge on any atom is -0.490 e. The van der Waals surface area contributed by atoms with Gasteiger partial charge >= 0.3 is 0 Å². The van der Waals surface area contributed by atoms with E-state index in [1.807, 2.05) is 31.1 Å². The summed E-state index contributed by atoms with van der Waals surface area (Å²) in [5, 5.41) is 1.22. The predicted molar refractivity (Wildman–Crippen MR) is 119 cm³/mol. The van der Waals surface area contributed by atoms with E-state index in [1.165, 1.54) is 16.2 Å². The summed E-state index contributed by atoms with van der Waals surface area (Å²) >= 11 is 12.6. The summed E-state index contributed by atoms with van der Waals surface area (Å²) in [5.41, 5.74) is 1.42. The average Bonchev–Trinajstić information content (AvgIpc) is 3.01. The van der Waals surface area contributed by atoms with Crippen molar-refractivity contribution in [3.05, 3.63) is 58.2 Å². The zero-order valence-corrected chi connectivity index (χ0v) is 19.1. The Morgan fingerprint density at radius 1 is 1.10 bits per heavy atom. The lowest BCUT2D eigenvalue weighted by Crippen LogP contribution is -2.19. The van der Waals surface area contributed by atoms with Gasteiger partial charge in [-0.15, -0.1) is 0 Å². The highest BCUT2D eigenvalue weighted by atomic mass is 35.5. The normalized spacial score (nSPS) is 12.3. The lowest BCUT2D eigenvalue weighted by atomic mass is 10.0. The van der Waals surface area contributed by atoms with Gasteiger partial charge in [0.25, 0.3) is 10.0 Å². The molecule has 0 radical (unpaired) electrons. The number of halogens is 2. The van der Waals surface area contributed by atoms with Crippen molar-refractivity contribution in [1.29, 1.82) is 0 Å². The predicted octanol–water partition coefficient (Wildman–Crippen LogP) is 5.25. The Labute approximate surface area is 181 Å². The third kappa shape index (κ3) is 4.56. The molecular weight excluding hydrogens is 431 g/mol. The first-order valence-electron chi connectivity index (χ1n) is 9.24. The number of ether oxygens (including phenoxy) is 1. The van der Waals surface area contributed by atoms with Crippen LogP contribution in [0.15, 0.2) is 47.5 Å². The molecule has 0 saturated heterocycles. The van der Waals surface area contributed by atoms with Crippen molar-refractivity contribution in [3.63, 3.8) is 0 Å². The monoisotopic (exact) mass is 454 g/mol. The number of hydrogen-bond donors (Lipinski definition) is 0. The molecular formula is C21H24Cl2N2O3S. The van der Waals surface area contributed by atoms with Gasteiger partial charge in [-0.1, -0.05) is 49.2 Å². The van der Waals surface area contributed by atoms with E-state index in [4.69, 9.17) is 27.9 Å². The molecule has 0 saturated carbocycles. The Morgan fingerprint density at radius 2 is 1.76 bits per heavy atom. The summed E-state index contributed by atoms with van der Waals surface area (Å²) in [7, 11) is 0.00713. The van der Waals surface area contributed by atoms with Crippen LogP contribution in [0.3, 0.4) is 0 Å².